The van der Waals surface area contributed by atoms with Crippen molar-refractivity contribution in [1.82, 2.24) is 20.0 Å². The second-order valence-electron chi connectivity index (χ2n) is 5.05. The number of hydrogen-bond acceptors (Lipinski definition) is 4. The zero-order valence-corrected chi connectivity index (χ0v) is 10.8. The summed E-state index contributed by atoms with van der Waals surface area (Å²) < 4.78 is 0. The lowest BCUT2D eigenvalue weighted by Gasteiger charge is -2.40. The van der Waals surface area contributed by atoms with Crippen molar-refractivity contribution in [3.63, 3.8) is 0 Å². The SMILES string of the molecule is CC1C(=O)N2CCCC2C(=O)N1Cc1cccnn1. The van der Waals surface area contributed by atoms with E-state index >= 15 is 0 Å². The summed E-state index contributed by atoms with van der Waals surface area (Å²) in [6.07, 6.45) is 3.27. The maximum Gasteiger partial charge on any atom is 0.246 e. The lowest BCUT2D eigenvalue weighted by molar-refractivity contribution is -0.159. The summed E-state index contributed by atoms with van der Waals surface area (Å²) in [4.78, 5) is 28.0. The molecule has 0 bridgehead atoms. The monoisotopic (exact) mass is 260 g/mol. The summed E-state index contributed by atoms with van der Waals surface area (Å²) in [7, 11) is 0. The molecule has 19 heavy (non-hydrogen) atoms. The lowest BCUT2D eigenvalue weighted by Crippen LogP contribution is -2.61. The van der Waals surface area contributed by atoms with Crippen molar-refractivity contribution < 1.29 is 9.59 Å². The first-order chi connectivity index (χ1) is 9.18. The van der Waals surface area contributed by atoms with Crippen LogP contribution in [0.5, 0.6) is 0 Å². The van der Waals surface area contributed by atoms with Gasteiger partial charge in [-0.2, -0.15) is 10.2 Å². The molecule has 2 aliphatic heterocycles. The quantitative estimate of drug-likeness (QED) is 0.762. The van der Waals surface area contributed by atoms with Gasteiger partial charge in [0.25, 0.3) is 0 Å². The van der Waals surface area contributed by atoms with E-state index in [1.165, 1.54) is 0 Å². The van der Waals surface area contributed by atoms with Crippen LogP contribution in [0.3, 0.4) is 0 Å². The molecule has 2 unspecified atom stereocenters. The Morgan fingerprint density at radius 1 is 1.37 bits per heavy atom. The fourth-order valence-electron chi connectivity index (χ4n) is 2.85. The topological polar surface area (TPSA) is 66.4 Å². The van der Waals surface area contributed by atoms with Crippen LogP contribution in [0, 0.1) is 0 Å². The van der Waals surface area contributed by atoms with Crippen LogP contribution in [0.25, 0.3) is 0 Å². The molecule has 3 heterocycles. The maximum atomic E-state index is 12.5. The number of carbonyl (C=O) groups is 2. The summed E-state index contributed by atoms with van der Waals surface area (Å²) >= 11 is 0. The van der Waals surface area contributed by atoms with Crippen molar-refractivity contribution in [3.8, 4) is 0 Å². The number of hydrogen-bond donors (Lipinski definition) is 0. The third-order valence-corrected chi connectivity index (χ3v) is 3.89. The van der Waals surface area contributed by atoms with Crippen molar-refractivity contribution in [2.75, 3.05) is 6.54 Å². The molecular formula is C13H16N4O2. The van der Waals surface area contributed by atoms with E-state index < -0.39 is 6.04 Å². The van der Waals surface area contributed by atoms with Crippen LogP contribution in [-0.2, 0) is 16.1 Å². The fourth-order valence-corrected chi connectivity index (χ4v) is 2.85. The number of aromatic nitrogens is 2. The van der Waals surface area contributed by atoms with Crippen molar-refractivity contribution in [3.05, 3.63) is 24.0 Å². The Bertz CT molecular complexity index is 505. The van der Waals surface area contributed by atoms with Crippen LogP contribution in [-0.4, -0.2) is 50.4 Å². The standard InChI is InChI=1S/C13H16N4O2/c1-9-12(18)16-7-3-5-11(16)13(19)17(9)8-10-4-2-6-14-15-10/h2,4,6,9,11H,3,5,7-8H2,1H3. The van der Waals surface area contributed by atoms with Crippen LogP contribution in [0.2, 0.25) is 0 Å². The summed E-state index contributed by atoms with van der Waals surface area (Å²) in [5.74, 6) is 0.0845. The van der Waals surface area contributed by atoms with E-state index in [0.29, 0.717) is 18.8 Å². The van der Waals surface area contributed by atoms with Gasteiger partial charge in [-0.3, -0.25) is 9.59 Å². The van der Waals surface area contributed by atoms with Gasteiger partial charge in [-0.15, -0.1) is 0 Å². The molecule has 0 aliphatic carbocycles. The Labute approximate surface area is 111 Å². The zero-order chi connectivity index (χ0) is 13.4. The first kappa shape index (κ1) is 12.1. The van der Waals surface area contributed by atoms with E-state index in [1.54, 1.807) is 29.0 Å². The minimum Gasteiger partial charge on any atom is -0.329 e. The van der Waals surface area contributed by atoms with E-state index in [-0.39, 0.29) is 17.9 Å². The van der Waals surface area contributed by atoms with E-state index in [2.05, 4.69) is 10.2 Å². The van der Waals surface area contributed by atoms with Gasteiger partial charge in [0.1, 0.15) is 12.1 Å². The molecule has 0 aromatic carbocycles. The molecular weight excluding hydrogens is 244 g/mol. The molecule has 0 saturated carbocycles. The second kappa shape index (κ2) is 4.60. The summed E-state index contributed by atoms with van der Waals surface area (Å²) in [5.41, 5.74) is 0.710. The molecule has 2 saturated heterocycles. The predicted molar refractivity (Wildman–Crippen MR) is 66.8 cm³/mol. The second-order valence-corrected chi connectivity index (χ2v) is 5.05. The number of carbonyl (C=O) groups excluding carboxylic acids is 2. The number of piperazine rings is 1. The third kappa shape index (κ3) is 1.97. The molecule has 3 rings (SSSR count). The Morgan fingerprint density at radius 2 is 2.21 bits per heavy atom. The van der Waals surface area contributed by atoms with E-state index in [1.807, 2.05) is 6.07 Å². The van der Waals surface area contributed by atoms with E-state index in [9.17, 15) is 9.59 Å². The Morgan fingerprint density at radius 3 is 2.95 bits per heavy atom. The molecule has 0 spiro atoms. The maximum absolute atomic E-state index is 12.5. The fraction of sp³-hybridized carbons (Fsp3) is 0.538. The number of rotatable bonds is 2. The van der Waals surface area contributed by atoms with Gasteiger partial charge in [0.2, 0.25) is 11.8 Å². The lowest BCUT2D eigenvalue weighted by atomic mass is 10.1. The number of nitrogens with zero attached hydrogens (tertiary/aromatic N) is 4. The van der Waals surface area contributed by atoms with Crippen LogP contribution >= 0.6 is 0 Å². The average Bonchev–Trinajstić information content (AvgIpc) is 2.92. The molecule has 2 aliphatic rings. The highest BCUT2D eigenvalue weighted by atomic mass is 16.2. The zero-order valence-electron chi connectivity index (χ0n) is 10.8. The summed E-state index contributed by atoms with van der Waals surface area (Å²) in [6, 6.07) is 2.92. The molecule has 6 heteroatoms. The first-order valence-corrected chi connectivity index (χ1v) is 6.56. The normalized spacial score (nSPS) is 26.8. The van der Waals surface area contributed by atoms with Crippen LogP contribution in [0.1, 0.15) is 25.5 Å². The minimum atomic E-state index is -0.413. The molecule has 0 radical (unpaired) electrons. The van der Waals surface area contributed by atoms with Gasteiger partial charge in [-0.25, -0.2) is 0 Å². The molecule has 6 nitrogen and oxygen atoms in total. The van der Waals surface area contributed by atoms with E-state index in [0.717, 1.165) is 12.8 Å². The summed E-state index contributed by atoms with van der Waals surface area (Å²) in [6.45, 7) is 2.84. The van der Waals surface area contributed by atoms with Crippen LogP contribution in [0.4, 0.5) is 0 Å². The van der Waals surface area contributed by atoms with Gasteiger partial charge in [0, 0.05) is 12.7 Å². The molecule has 2 atom stereocenters. The highest BCUT2D eigenvalue weighted by Crippen LogP contribution is 2.27. The minimum absolute atomic E-state index is 0.0373. The van der Waals surface area contributed by atoms with Crippen molar-refractivity contribution in [1.29, 1.82) is 0 Å². The van der Waals surface area contributed by atoms with Crippen molar-refractivity contribution >= 4 is 11.8 Å². The van der Waals surface area contributed by atoms with Crippen molar-refractivity contribution in [2.24, 2.45) is 0 Å². The average molecular weight is 260 g/mol. The summed E-state index contributed by atoms with van der Waals surface area (Å²) in [5, 5.41) is 7.79. The Kier molecular flexibility index (Phi) is 2.93. The smallest absolute Gasteiger partial charge is 0.246 e. The number of fused-ring (bicyclic) bond motifs is 1. The number of amides is 2. The van der Waals surface area contributed by atoms with Gasteiger partial charge < -0.3 is 9.80 Å². The Balaban J connectivity index is 1.84. The van der Waals surface area contributed by atoms with Crippen LogP contribution in [0.15, 0.2) is 18.3 Å². The molecule has 100 valence electrons. The van der Waals surface area contributed by atoms with Gasteiger partial charge in [0.05, 0.1) is 12.2 Å². The molecule has 1 aromatic rings. The predicted octanol–water partition coefficient (Wildman–Crippen LogP) is 0.198. The molecule has 0 N–H and O–H groups in total. The molecule has 1 aromatic heterocycles. The van der Waals surface area contributed by atoms with Gasteiger partial charge in [0.15, 0.2) is 0 Å². The van der Waals surface area contributed by atoms with Gasteiger partial charge in [-0.1, -0.05) is 0 Å². The van der Waals surface area contributed by atoms with Gasteiger partial charge in [-0.05, 0) is 31.9 Å². The highest BCUT2D eigenvalue weighted by molar-refractivity contribution is 5.97. The molecule has 2 fully saturated rings. The van der Waals surface area contributed by atoms with Crippen molar-refractivity contribution in [2.45, 2.75) is 38.4 Å². The van der Waals surface area contributed by atoms with E-state index in [4.69, 9.17) is 0 Å². The Hall–Kier alpha value is -1.98. The van der Waals surface area contributed by atoms with Gasteiger partial charge >= 0.3 is 0 Å². The molecule has 2 amide bonds. The highest BCUT2D eigenvalue weighted by Gasteiger charge is 2.45. The third-order valence-electron chi connectivity index (χ3n) is 3.89. The van der Waals surface area contributed by atoms with Crippen LogP contribution < -0.4 is 0 Å². The first-order valence-electron chi connectivity index (χ1n) is 6.56. The largest absolute Gasteiger partial charge is 0.329 e.